The Hall–Kier alpha value is -1.60. The van der Waals surface area contributed by atoms with Crippen LogP contribution in [-0.2, 0) is 14.8 Å². The van der Waals surface area contributed by atoms with E-state index in [9.17, 15) is 13.2 Å². The Labute approximate surface area is 124 Å². The van der Waals surface area contributed by atoms with Crippen molar-refractivity contribution in [2.75, 3.05) is 12.4 Å². The minimum absolute atomic E-state index is 0.117. The fraction of sp³-hybridized carbons (Fsp3) is 0.500. The third-order valence-corrected chi connectivity index (χ3v) is 5.26. The average molecular weight is 312 g/mol. The molecule has 2 rings (SSSR count). The van der Waals surface area contributed by atoms with Gasteiger partial charge in [-0.2, -0.15) is 0 Å². The number of aliphatic carboxylic acids is 1. The van der Waals surface area contributed by atoms with Crippen molar-refractivity contribution in [3.8, 4) is 0 Å². The first-order valence-electron chi connectivity index (χ1n) is 6.95. The van der Waals surface area contributed by atoms with Crippen LogP contribution < -0.4 is 10.0 Å². The number of nitrogens with one attached hydrogen (secondary N) is 2. The van der Waals surface area contributed by atoms with E-state index in [4.69, 9.17) is 5.11 Å². The van der Waals surface area contributed by atoms with Gasteiger partial charge < -0.3 is 10.4 Å². The lowest BCUT2D eigenvalue weighted by molar-refractivity contribution is -0.142. The summed E-state index contributed by atoms with van der Waals surface area (Å²) in [6, 6.07) is 6.59. The Morgan fingerprint density at radius 2 is 1.90 bits per heavy atom. The first-order chi connectivity index (χ1) is 9.92. The van der Waals surface area contributed by atoms with E-state index < -0.39 is 16.0 Å². The summed E-state index contributed by atoms with van der Waals surface area (Å²) in [5, 5.41) is 12.4. The molecule has 0 saturated heterocycles. The van der Waals surface area contributed by atoms with Crippen molar-refractivity contribution in [2.24, 2.45) is 5.92 Å². The van der Waals surface area contributed by atoms with E-state index in [0.29, 0.717) is 6.42 Å². The lowest BCUT2D eigenvalue weighted by Crippen LogP contribution is -2.30. The van der Waals surface area contributed by atoms with Crippen molar-refractivity contribution in [2.45, 2.75) is 36.6 Å². The molecule has 2 atom stereocenters. The quantitative estimate of drug-likeness (QED) is 0.768. The zero-order valence-electron chi connectivity index (χ0n) is 11.9. The minimum atomic E-state index is -3.42. The zero-order valence-corrected chi connectivity index (χ0v) is 12.7. The molecule has 1 aliphatic carbocycles. The molecule has 0 spiro atoms. The minimum Gasteiger partial charge on any atom is -0.481 e. The molecule has 21 heavy (non-hydrogen) atoms. The maximum atomic E-state index is 11.6. The number of anilines is 1. The lowest BCUT2D eigenvalue weighted by atomic mass is 9.85. The number of carbonyl (C=O) groups is 1. The number of hydrogen-bond acceptors (Lipinski definition) is 4. The van der Waals surface area contributed by atoms with Gasteiger partial charge in [0.05, 0.1) is 10.8 Å². The van der Waals surface area contributed by atoms with Crippen LogP contribution in [0.15, 0.2) is 29.2 Å². The second-order valence-corrected chi connectivity index (χ2v) is 7.16. The molecule has 0 aliphatic heterocycles. The molecule has 1 aliphatic rings. The fourth-order valence-corrected chi connectivity index (χ4v) is 3.36. The molecule has 1 fully saturated rings. The number of benzene rings is 1. The zero-order chi connectivity index (χ0) is 15.5. The van der Waals surface area contributed by atoms with Crippen molar-refractivity contribution >= 4 is 21.7 Å². The van der Waals surface area contributed by atoms with Gasteiger partial charge in [0.15, 0.2) is 0 Å². The number of hydrogen-bond donors (Lipinski definition) is 3. The molecule has 0 amide bonds. The van der Waals surface area contributed by atoms with E-state index in [1.807, 2.05) is 0 Å². The monoisotopic (exact) mass is 312 g/mol. The van der Waals surface area contributed by atoms with Crippen LogP contribution in [0.25, 0.3) is 0 Å². The summed E-state index contributed by atoms with van der Waals surface area (Å²) in [6.45, 7) is 0. The van der Waals surface area contributed by atoms with Crippen LogP contribution in [0.2, 0.25) is 0 Å². The molecule has 1 aromatic rings. The normalized spacial score (nSPS) is 22.7. The van der Waals surface area contributed by atoms with Gasteiger partial charge in [0.2, 0.25) is 10.0 Å². The molecule has 3 N–H and O–H groups in total. The molecule has 0 heterocycles. The number of carboxylic acid groups (broad SMARTS) is 1. The Kier molecular flexibility index (Phi) is 4.84. The Bertz CT molecular complexity index is 598. The van der Waals surface area contributed by atoms with E-state index in [0.717, 1.165) is 24.9 Å². The molecule has 2 unspecified atom stereocenters. The third-order valence-electron chi connectivity index (χ3n) is 3.83. The summed E-state index contributed by atoms with van der Waals surface area (Å²) in [4.78, 5) is 11.2. The maximum absolute atomic E-state index is 11.6. The molecule has 1 saturated carbocycles. The molecule has 116 valence electrons. The Morgan fingerprint density at radius 3 is 2.48 bits per heavy atom. The standard InChI is InChI=1S/C14H20N2O4S/c1-15-21(19,20)13-7-5-11(6-8-13)16-12-4-2-3-10(9-12)14(17)18/h5-8,10,12,15-16H,2-4,9H2,1H3,(H,17,18). The van der Waals surface area contributed by atoms with Gasteiger partial charge in [-0.3, -0.25) is 4.79 Å². The molecule has 6 nitrogen and oxygen atoms in total. The van der Waals surface area contributed by atoms with Crippen LogP contribution in [0.1, 0.15) is 25.7 Å². The second kappa shape index (κ2) is 6.44. The van der Waals surface area contributed by atoms with Crippen LogP contribution in [-0.4, -0.2) is 32.6 Å². The van der Waals surface area contributed by atoms with Crippen molar-refractivity contribution in [1.82, 2.24) is 4.72 Å². The van der Waals surface area contributed by atoms with E-state index >= 15 is 0 Å². The van der Waals surface area contributed by atoms with E-state index in [-0.39, 0.29) is 16.9 Å². The van der Waals surface area contributed by atoms with Crippen LogP contribution in [0, 0.1) is 5.92 Å². The Morgan fingerprint density at radius 1 is 1.24 bits per heavy atom. The van der Waals surface area contributed by atoms with Crippen LogP contribution in [0.5, 0.6) is 0 Å². The highest BCUT2D eigenvalue weighted by Gasteiger charge is 2.26. The lowest BCUT2D eigenvalue weighted by Gasteiger charge is -2.28. The number of rotatable bonds is 5. The highest BCUT2D eigenvalue weighted by atomic mass is 32.2. The molecule has 1 aromatic carbocycles. The summed E-state index contributed by atoms with van der Waals surface area (Å²) in [6.07, 6.45) is 3.15. The van der Waals surface area contributed by atoms with E-state index in [1.165, 1.54) is 19.2 Å². The molecule has 7 heteroatoms. The summed E-state index contributed by atoms with van der Waals surface area (Å²) in [5.74, 6) is -1.03. The van der Waals surface area contributed by atoms with Gasteiger partial charge in [-0.25, -0.2) is 13.1 Å². The SMILES string of the molecule is CNS(=O)(=O)c1ccc(NC2CCCC(C(=O)O)C2)cc1. The predicted molar refractivity (Wildman–Crippen MR) is 79.7 cm³/mol. The third kappa shape index (κ3) is 3.95. The van der Waals surface area contributed by atoms with Gasteiger partial charge in [-0.15, -0.1) is 0 Å². The Balaban J connectivity index is 2.02. The van der Waals surface area contributed by atoms with E-state index in [2.05, 4.69) is 10.0 Å². The van der Waals surface area contributed by atoms with Crippen molar-refractivity contribution in [3.63, 3.8) is 0 Å². The van der Waals surface area contributed by atoms with Crippen molar-refractivity contribution in [3.05, 3.63) is 24.3 Å². The average Bonchev–Trinajstić information content (AvgIpc) is 2.48. The molecule has 0 radical (unpaired) electrons. The molecule has 0 bridgehead atoms. The van der Waals surface area contributed by atoms with Crippen molar-refractivity contribution < 1.29 is 18.3 Å². The molecular weight excluding hydrogens is 292 g/mol. The van der Waals surface area contributed by atoms with Gasteiger partial charge in [0, 0.05) is 11.7 Å². The highest BCUT2D eigenvalue weighted by Crippen LogP contribution is 2.27. The molecule has 0 aromatic heterocycles. The first-order valence-corrected chi connectivity index (χ1v) is 8.43. The smallest absolute Gasteiger partial charge is 0.306 e. The van der Waals surface area contributed by atoms with Gasteiger partial charge in [-0.05, 0) is 50.6 Å². The van der Waals surface area contributed by atoms with Gasteiger partial charge in [0.25, 0.3) is 0 Å². The van der Waals surface area contributed by atoms with Gasteiger partial charge in [0.1, 0.15) is 0 Å². The second-order valence-electron chi connectivity index (χ2n) is 5.27. The van der Waals surface area contributed by atoms with Crippen LogP contribution in [0.4, 0.5) is 5.69 Å². The van der Waals surface area contributed by atoms with Gasteiger partial charge in [-0.1, -0.05) is 6.42 Å². The molecular formula is C14H20N2O4S. The first kappa shape index (κ1) is 15.8. The highest BCUT2D eigenvalue weighted by molar-refractivity contribution is 7.89. The summed E-state index contributed by atoms with van der Waals surface area (Å²) < 4.78 is 25.5. The van der Waals surface area contributed by atoms with Crippen molar-refractivity contribution in [1.29, 1.82) is 0 Å². The number of sulfonamides is 1. The summed E-state index contributed by atoms with van der Waals surface area (Å²) >= 11 is 0. The maximum Gasteiger partial charge on any atom is 0.306 e. The topological polar surface area (TPSA) is 95.5 Å². The predicted octanol–water partition coefficient (Wildman–Crippen LogP) is 1.65. The summed E-state index contributed by atoms with van der Waals surface area (Å²) in [7, 11) is -2.05. The van der Waals surface area contributed by atoms with E-state index in [1.54, 1.807) is 12.1 Å². The largest absolute Gasteiger partial charge is 0.481 e. The van der Waals surface area contributed by atoms with Gasteiger partial charge >= 0.3 is 5.97 Å². The number of carboxylic acids is 1. The van der Waals surface area contributed by atoms with Crippen LogP contribution in [0.3, 0.4) is 0 Å². The van der Waals surface area contributed by atoms with Crippen LogP contribution >= 0.6 is 0 Å². The summed E-state index contributed by atoms with van der Waals surface area (Å²) in [5.41, 5.74) is 0.807. The fourth-order valence-electron chi connectivity index (χ4n) is 2.63.